The standard InChI is InChI=1S/C23H22FN5O2/c1-14(21(25)30)15-4-6-16(7-5-15)22(31)29-10-2-3-19(13-29)27-23-26-12-17-11-18(24)8-9-20(17)28-23/h4-9,11-12,19H,1-3,10,13H2,(H2,25,30)(H,26,27,28)/t19-/m0/s1. The van der Waals surface area contributed by atoms with Gasteiger partial charge in [0.05, 0.1) is 5.52 Å². The molecule has 8 heteroatoms. The first kappa shape index (κ1) is 20.5. The minimum atomic E-state index is -0.593. The van der Waals surface area contributed by atoms with Gasteiger partial charge in [0.15, 0.2) is 0 Å². The van der Waals surface area contributed by atoms with Gasteiger partial charge < -0.3 is 16.0 Å². The van der Waals surface area contributed by atoms with Gasteiger partial charge in [0.25, 0.3) is 5.91 Å². The third kappa shape index (κ3) is 4.53. The minimum Gasteiger partial charge on any atom is -0.366 e. The highest BCUT2D eigenvalue weighted by molar-refractivity contribution is 6.17. The lowest BCUT2D eigenvalue weighted by Crippen LogP contribution is -2.45. The Morgan fingerprint density at radius 1 is 1.16 bits per heavy atom. The van der Waals surface area contributed by atoms with Gasteiger partial charge in [0, 0.05) is 41.9 Å². The first-order valence-corrected chi connectivity index (χ1v) is 9.98. The highest BCUT2D eigenvalue weighted by Gasteiger charge is 2.25. The number of likely N-dealkylation sites (tertiary alicyclic amines) is 1. The Balaban J connectivity index is 1.43. The molecule has 1 atom stereocenters. The van der Waals surface area contributed by atoms with Crippen LogP contribution in [0.25, 0.3) is 16.5 Å². The van der Waals surface area contributed by atoms with Crippen LogP contribution < -0.4 is 11.1 Å². The molecule has 1 aliphatic rings. The number of benzene rings is 2. The molecule has 0 radical (unpaired) electrons. The van der Waals surface area contributed by atoms with Gasteiger partial charge in [-0.1, -0.05) is 18.7 Å². The van der Waals surface area contributed by atoms with E-state index in [4.69, 9.17) is 5.73 Å². The topological polar surface area (TPSA) is 101 Å². The first-order chi connectivity index (χ1) is 14.9. The fraction of sp³-hybridized carbons (Fsp3) is 0.217. The zero-order chi connectivity index (χ0) is 22.0. The Bertz CT molecular complexity index is 1160. The molecule has 2 heterocycles. The summed E-state index contributed by atoms with van der Waals surface area (Å²) < 4.78 is 13.3. The van der Waals surface area contributed by atoms with E-state index in [1.54, 1.807) is 41.4 Å². The SMILES string of the molecule is C=C(C(N)=O)c1ccc(C(=O)N2CCC[C@H](Nc3ncc4cc(F)ccc4n3)C2)cc1. The van der Waals surface area contributed by atoms with Gasteiger partial charge in [-0.3, -0.25) is 9.59 Å². The maximum absolute atomic E-state index is 13.3. The van der Waals surface area contributed by atoms with E-state index in [9.17, 15) is 14.0 Å². The lowest BCUT2D eigenvalue weighted by Gasteiger charge is -2.33. The molecule has 2 amide bonds. The molecule has 0 bridgehead atoms. The smallest absolute Gasteiger partial charge is 0.253 e. The average molecular weight is 419 g/mol. The maximum Gasteiger partial charge on any atom is 0.253 e. The molecule has 0 unspecified atom stereocenters. The normalized spacial score (nSPS) is 16.2. The van der Waals surface area contributed by atoms with E-state index >= 15 is 0 Å². The van der Waals surface area contributed by atoms with E-state index in [1.807, 2.05) is 0 Å². The van der Waals surface area contributed by atoms with Gasteiger partial charge in [-0.15, -0.1) is 0 Å². The van der Waals surface area contributed by atoms with Crippen molar-refractivity contribution in [2.24, 2.45) is 5.73 Å². The van der Waals surface area contributed by atoms with Crippen LogP contribution in [-0.2, 0) is 4.79 Å². The van der Waals surface area contributed by atoms with Crippen LogP contribution >= 0.6 is 0 Å². The summed E-state index contributed by atoms with van der Waals surface area (Å²) in [7, 11) is 0. The molecule has 1 fully saturated rings. The average Bonchev–Trinajstić information content (AvgIpc) is 2.78. The third-order valence-corrected chi connectivity index (χ3v) is 5.36. The van der Waals surface area contributed by atoms with Crippen LogP contribution in [0.3, 0.4) is 0 Å². The lowest BCUT2D eigenvalue weighted by atomic mass is 10.0. The number of carbonyl (C=O) groups excluding carboxylic acids is 2. The molecule has 2 aromatic carbocycles. The maximum atomic E-state index is 13.3. The van der Waals surface area contributed by atoms with Crippen molar-refractivity contribution in [2.75, 3.05) is 18.4 Å². The van der Waals surface area contributed by atoms with Crippen LogP contribution in [0.4, 0.5) is 10.3 Å². The number of nitrogens with zero attached hydrogens (tertiary/aromatic N) is 3. The van der Waals surface area contributed by atoms with Crippen molar-refractivity contribution in [1.29, 1.82) is 0 Å². The predicted octanol–water partition coefficient (Wildman–Crippen LogP) is 2.98. The Kier molecular flexibility index (Phi) is 5.62. The molecule has 7 nitrogen and oxygen atoms in total. The molecule has 31 heavy (non-hydrogen) atoms. The summed E-state index contributed by atoms with van der Waals surface area (Å²) >= 11 is 0. The molecule has 1 aromatic heterocycles. The number of nitrogens with one attached hydrogen (secondary N) is 1. The summed E-state index contributed by atoms with van der Waals surface area (Å²) in [6.07, 6.45) is 3.31. The van der Waals surface area contributed by atoms with Crippen LogP contribution in [-0.4, -0.2) is 45.8 Å². The second-order valence-electron chi connectivity index (χ2n) is 7.55. The second-order valence-corrected chi connectivity index (χ2v) is 7.55. The number of nitrogens with two attached hydrogens (primary N) is 1. The number of halogens is 1. The highest BCUT2D eigenvalue weighted by atomic mass is 19.1. The zero-order valence-corrected chi connectivity index (χ0v) is 16.8. The molecule has 1 aliphatic heterocycles. The summed E-state index contributed by atoms with van der Waals surface area (Å²) in [4.78, 5) is 34.7. The van der Waals surface area contributed by atoms with Crippen LogP contribution in [0.2, 0.25) is 0 Å². The van der Waals surface area contributed by atoms with Crippen molar-refractivity contribution < 1.29 is 14.0 Å². The van der Waals surface area contributed by atoms with Gasteiger partial charge in [-0.2, -0.15) is 0 Å². The largest absolute Gasteiger partial charge is 0.366 e. The number of hydrogen-bond donors (Lipinski definition) is 2. The van der Waals surface area contributed by atoms with Crippen LogP contribution in [0, 0.1) is 5.82 Å². The summed E-state index contributed by atoms with van der Waals surface area (Å²) in [5.74, 6) is -0.555. The lowest BCUT2D eigenvalue weighted by molar-refractivity contribution is -0.112. The van der Waals surface area contributed by atoms with Crippen LogP contribution in [0.15, 0.2) is 55.2 Å². The Morgan fingerprint density at radius 2 is 1.90 bits per heavy atom. The summed E-state index contributed by atoms with van der Waals surface area (Å²) in [5, 5.41) is 3.92. The predicted molar refractivity (Wildman–Crippen MR) is 117 cm³/mol. The Labute approximate surface area is 178 Å². The van der Waals surface area contributed by atoms with Crippen LogP contribution in [0.5, 0.6) is 0 Å². The molecular formula is C23H22FN5O2. The molecular weight excluding hydrogens is 397 g/mol. The van der Waals surface area contributed by atoms with E-state index in [0.717, 1.165) is 12.8 Å². The second kappa shape index (κ2) is 8.51. The van der Waals surface area contributed by atoms with E-state index in [0.29, 0.717) is 41.1 Å². The number of carbonyl (C=O) groups is 2. The number of fused-ring (bicyclic) bond motifs is 1. The Morgan fingerprint density at radius 3 is 2.65 bits per heavy atom. The van der Waals surface area contributed by atoms with Crippen molar-refractivity contribution in [2.45, 2.75) is 18.9 Å². The summed E-state index contributed by atoms with van der Waals surface area (Å²) in [5.41, 5.74) is 7.24. The fourth-order valence-electron chi connectivity index (χ4n) is 3.67. The van der Waals surface area contributed by atoms with Gasteiger partial charge in [-0.25, -0.2) is 14.4 Å². The van der Waals surface area contributed by atoms with Gasteiger partial charge in [0.2, 0.25) is 11.9 Å². The van der Waals surface area contributed by atoms with E-state index in [-0.39, 0.29) is 23.3 Å². The van der Waals surface area contributed by atoms with Crippen molar-refractivity contribution in [3.8, 4) is 0 Å². The van der Waals surface area contributed by atoms with Crippen molar-refractivity contribution in [3.63, 3.8) is 0 Å². The van der Waals surface area contributed by atoms with Crippen molar-refractivity contribution in [3.05, 3.63) is 72.2 Å². The molecule has 1 saturated heterocycles. The van der Waals surface area contributed by atoms with E-state index in [2.05, 4.69) is 21.9 Å². The molecule has 0 aliphatic carbocycles. The zero-order valence-electron chi connectivity index (χ0n) is 16.8. The van der Waals surface area contributed by atoms with Gasteiger partial charge >= 0.3 is 0 Å². The number of rotatable bonds is 5. The number of piperidine rings is 1. The van der Waals surface area contributed by atoms with Gasteiger partial charge in [0.1, 0.15) is 5.82 Å². The monoisotopic (exact) mass is 419 g/mol. The molecule has 4 rings (SSSR count). The number of hydrogen-bond acceptors (Lipinski definition) is 5. The van der Waals surface area contributed by atoms with Crippen molar-refractivity contribution in [1.82, 2.24) is 14.9 Å². The van der Waals surface area contributed by atoms with Crippen LogP contribution in [0.1, 0.15) is 28.8 Å². The first-order valence-electron chi connectivity index (χ1n) is 9.98. The van der Waals surface area contributed by atoms with Crippen molar-refractivity contribution >= 4 is 34.2 Å². The molecule has 0 spiro atoms. The number of amides is 2. The highest BCUT2D eigenvalue weighted by Crippen LogP contribution is 2.20. The van der Waals surface area contributed by atoms with E-state index in [1.165, 1.54) is 12.1 Å². The fourth-order valence-corrected chi connectivity index (χ4v) is 3.67. The number of aromatic nitrogens is 2. The van der Waals surface area contributed by atoms with E-state index < -0.39 is 5.91 Å². The number of anilines is 1. The Hall–Kier alpha value is -3.81. The quantitative estimate of drug-likeness (QED) is 0.619. The molecule has 3 N–H and O–H groups in total. The minimum absolute atomic E-state index is 0.00418. The molecule has 0 saturated carbocycles. The summed E-state index contributed by atoms with van der Waals surface area (Å²) in [6, 6.07) is 11.1. The molecule has 158 valence electrons. The van der Waals surface area contributed by atoms with Gasteiger partial charge in [-0.05, 0) is 48.7 Å². The number of primary amides is 1. The molecule has 3 aromatic rings. The third-order valence-electron chi connectivity index (χ3n) is 5.36. The summed E-state index contributed by atoms with van der Waals surface area (Å²) in [6.45, 7) is 4.82.